The predicted molar refractivity (Wildman–Crippen MR) is 76.3 cm³/mol. The second kappa shape index (κ2) is 6.39. The first-order chi connectivity index (χ1) is 9.54. The highest BCUT2D eigenvalue weighted by Crippen LogP contribution is 2.15. The molecule has 0 saturated carbocycles. The Labute approximate surface area is 118 Å². The highest BCUT2D eigenvalue weighted by molar-refractivity contribution is 5.78. The fourth-order valence-corrected chi connectivity index (χ4v) is 2.01. The maximum atomic E-state index is 11.8. The van der Waals surface area contributed by atoms with E-state index in [0.717, 1.165) is 16.9 Å². The van der Waals surface area contributed by atoms with Crippen molar-refractivity contribution in [3.63, 3.8) is 0 Å². The largest absolute Gasteiger partial charge is 0.464 e. The maximum Gasteiger partial charge on any atom is 0.224 e. The number of furan rings is 1. The number of aryl methyl sites for hydroxylation is 2. The van der Waals surface area contributed by atoms with Crippen LogP contribution in [0.3, 0.4) is 0 Å². The Morgan fingerprint density at radius 3 is 2.75 bits per heavy atom. The minimum absolute atomic E-state index is 0.113. The van der Waals surface area contributed by atoms with E-state index in [1.54, 1.807) is 12.1 Å². The third-order valence-corrected chi connectivity index (χ3v) is 3.03. The van der Waals surface area contributed by atoms with Gasteiger partial charge in [-0.3, -0.25) is 4.79 Å². The zero-order valence-electron chi connectivity index (χ0n) is 11.7. The summed E-state index contributed by atoms with van der Waals surface area (Å²) in [5.74, 6) is 1.10. The first-order valence-corrected chi connectivity index (χ1v) is 6.61. The standard InChI is InChI=1S/C16H19NO3/c1-11-4-3-5-13(8-11)9-16(19)17-10-14(18)15-7-6-12(2)20-15/h3-8,14,18H,9-10H2,1-2H3,(H,17,19). The van der Waals surface area contributed by atoms with Crippen LogP contribution in [0.4, 0.5) is 0 Å². The summed E-state index contributed by atoms with van der Waals surface area (Å²) in [6, 6.07) is 11.3. The van der Waals surface area contributed by atoms with E-state index in [-0.39, 0.29) is 12.5 Å². The lowest BCUT2D eigenvalue weighted by molar-refractivity contribution is -0.120. The molecule has 0 saturated heterocycles. The van der Waals surface area contributed by atoms with Gasteiger partial charge in [0.05, 0.1) is 13.0 Å². The molecule has 1 heterocycles. The van der Waals surface area contributed by atoms with Gasteiger partial charge in [-0.2, -0.15) is 0 Å². The first-order valence-electron chi connectivity index (χ1n) is 6.61. The lowest BCUT2D eigenvalue weighted by Gasteiger charge is -2.10. The molecule has 4 nitrogen and oxygen atoms in total. The van der Waals surface area contributed by atoms with Crippen LogP contribution >= 0.6 is 0 Å². The van der Waals surface area contributed by atoms with Gasteiger partial charge in [0.2, 0.25) is 5.91 Å². The van der Waals surface area contributed by atoms with E-state index >= 15 is 0 Å². The fourth-order valence-electron chi connectivity index (χ4n) is 2.01. The van der Waals surface area contributed by atoms with Crippen LogP contribution in [-0.4, -0.2) is 17.6 Å². The average Bonchev–Trinajstić information content (AvgIpc) is 2.83. The van der Waals surface area contributed by atoms with Crippen molar-refractivity contribution in [3.8, 4) is 0 Å². The van der Waals surface area contributed by atoms with Crippen LogP contribution in [0.25, 0.3) is 0 Å². The summed E-state index contributed by atoms with van der Waals surface area (Å²) < 4.78 is 5.31. The molecule has 2 aromatic rings. The van der Waals surface area contributed by atoms with Crippen molar-refractivity contribution in [2.75, 3.05) is 6.54 Å². The third kappa shape index (κ3) is 3.96. The summed E-state index contributed by atoms with van der Waals surface area (Å²) in [4.78, 5) is 11.8. The van der Waals surface area contributed by atoms with Gasteiger partial charge in [0.15, 0.2) is 0 Å². The predicted octanol–water partition coefficient (Wildman–Crippen LogP) is 2.29. The van der Waals surface area contributed by atoms with Crippen molar-refractivity contribution in [2.45, 2.75) is 26.4 Å². The number of amides is 1. The zero-order valence-corrected chi connectivity index (χ0v) is 11.7. The molecule has 0 radical (unpaired) electrons. The number of carbonyl (C=O) groups is 1. The van der Waals surface area contributed by atoms with Crippen molar-refractivity contribution >= 4 is 5.91 Å². The van der Waals surface area contributed by atoms with Crippen LogP contribution in [0.1, 0.15) is 28.8 Å². The summed E-state index contributed by atoms with van der Waals surface area (Å²) in [5.41, 5.74) is 2.09. The van der Waals surface area contributed by atoms with Crippen LogP contribution in [0.5, 0.6) is 0 Å². The molecule has 4 heteroatoms. The van der Waals surface area contributed by atoms with Gasteiger partial charge < -0.3 is 14.8 Å². The van der Waals surface area contributed by atoms with Crippen molar-refractivity contribution in [1.82, 2.24) is 5.32 Å². The van der Waals surface area contributed by atoms with Gasteiger partial charge in [0.1, 0.15) is 17.6 Å². The first kappa shape index (κ1) is 14.3. The van der Waals surface area contributed by atoms with Crippen LogP contribution in [-0.2, 0) is 11.2 Å². The minimum Gasteiger partial charge on any atom is -0.464 e. The molecule has 1 aromatic heterocycles. The molecule has 0 fully saturated rings. The highest BCUT2D eigenvalue weighted by atomic mass is 16.4. The SMILES string of the molecule is Cc1cccc(CC(=O)NCC(O)c2ccc(C)o2)c1. The quantitative estimate of drug-likeness (QED) is 0.878. The Balaban J connectivity index is 1.83. The number of rotatable bonds is 5. The van der Waals surface area contributed by atoms with Crippen molar-refractivity contribution in [3.05, 3.63) is 59.0 Å². The minimum atomic E-state index is -0.815. The number of aliphatic hydroxyl groups is 1. The maximum absolute atomic E-state index is 11.8. The summed E-state index contributed by atoms with van der Waals surface area (Å²) in [5, 5.41) is 12.6. The number of hydrogen-bond donors (Lipinski definition) is 2. The summed E-state index contributed by atoms with van der Waals surface area (Å²) in [6.45, 7) is 3.95. The van der Waals surface area contributed by atoms with Crippen molar-refractivity contribution in [1.29, 1.82) is 0 Å². The van der Waals surface area contributed by atoms with Crippen molar-refractivity contribution < 1.29 is 14.3 Å². The summed E-state index contributed by atoms with van der Waals surface area (Å²) in [7, 11) is 0. The Bertz CT molecular complexity index is 589. The summed E-state index contributed by atoms with van der Waals surface area (Å²) in [6.07, 6.45) is -0.504. The molecular weight excluding hydrogens is 254 g/mol. The van der Waals surface area contributed by atoms with Gasteiger partial charge in [0.25, 0.3) is 0 Å². The fraction of sp³-hybridized carbons (Fsp3) is 0.312. The van der Waals surface area contributed by atoms with E-state index in [4.69, 9.17) is 4.42 Å². The second-order valence-corrected chi connectivity index (χ2v) is 4.93. The molecule has 1 atom stereocenters. The molecule has 1 amide bonds. The zero-order chi connectivity index (χ0) is 14.5. The Morgan fingerprint density at radius 1 is 1.30 bits per heavy atom. The molecule has 0 aliphatic carbocycles. The number of nitrogens with one attached hydrogen (secondary N) is 1. The smallest absolute Gasteiger partial charge is 0.224 e. The van der Waals surface area contributed by atoms with E-state index in [2.05, 4.69) is 5.32 Å². The lowest BCUT2D eigenvalue weighted by Crippen LogP contribution is -2.29. The molecule has 0 spiro atoms. The van der Waals surface area contributed by atoms with Crippen LogP contribution in [0, 0.1) is 13.8 Å². The van der Waals surface area contributed by atoms with E-state index < -0.39 is 6.10 Å². The van der Waals surface area contributed by atoms with Gasteiger partial charge in [-0.1, -0.05) is 29.8 Å². The highest BCUT2D eigenvalue weighted by Gasteiger charge is 2.13. The molecule has 2 rings (SSSR count). The molecule has 1 aromatic carbocycles. The van der Waals surface area contributed by atoms with E-state index in [1.165, 1.54) is 0 Å². The third-order valence-electron chi connectivity index (χ3n) is 3.03. The number of carbonyl (C=O) groups excluding carboxylic acids is 1. The number of hydrogen-bond acceptors (Lipinski definition) is 3. The molecular formula is C16H19NO3. The molecule has 20 heavy (non-hydrogen) atoms. The van der Waals surface area contributed by atoms with E-state index in [9.17, 15) is 9.90 Å². The average molecular weight is 273 g/mol. The van der Waals surface area contributed by atoms with Crippen LogP contribution in [0.15, 0.2) is 40.8 Å². The Kier molecular flexibility index (Phi) is 4.58. The second-order valence-electron chi connectivity index (χ2n) is 4.93. The molecule has 106 valence electrons. The van der Waals surface area contributed by atoms with E-state index in [0.29, 0.717) is 12.2 Å². The van der Waals surface area contributed by atoms with Crippen LogP contribution in [0.2, 0.25) is 0 Å². The van der Waals surface area contributed by atoms with Gasteiger partial charge in [0, 0.05) is 0 Å². The summed E-state index contributed by atoms with van der Waals surface area (Å²) >= 11 is 0. The monoisotopic (exact) mass is 273 g/mol. The van der Waals surface area contributed by atoms with Gasteiger partial charge in [-0.25, -0.2) is 0 Å². The van der Waals surface area contributed by atoms with Crippen LogP contribution < -0.4 is 5.32 Å². The normalized spacial score (nSPS) is 12.2. The topological polar surface area (TPSA) is 62.5 Å². The Hall–Kier alpha value is -2.07. The van der Waals surface area contributed by atoms with Gasteiger partial charge in [-0.05, 0) is 31.5 Å². The molecule has 0 aliphatic rings. The van der Waals surface area contributed by atoms with E-state index in [1.807, 2.05) is 38.1 Å². The van der Waals surface area contributed by atoms with Gasteiger partial charge >= 0.3 is 0 Å². The van der Waals surface area contributed by atoms with Crippen molar-refractivity contribution in [2.24, 2.45) is 0 Å². The number of aliphatic hydroxyl groups excluding tert-OH is 1. The lowest BCUT2D eigenvalue weighted by atomic mass is 10.1. The molecule has 2 N–H and O–H groups in total. The molecule has 1 unspecified atom stereocenters. The number of benzene rings is 1. The van der Waals surface area contributed by atoms with Gasteiger partial charge in [-0.15, -0.1) is 0 Å². The molecule has 0 aliphatic heterocycles. The molecule has 0 bridgehead atoms. The Morgan fingerprint density at radius 2 is 2.10 bits per heavy atom.